The van der Waals surface area contributed by atoms with Crippen molar-refractivity contribution in [3.8, 4) is 0 Å². The Kier molecular flexibility index (Phi) is 11.5. The molecule has 0 saturated carbocycles. The van der Waals surface area contributed by atoms with Crippen LogP contribution in [0.4, 0.5) is 0 Å². The first-order chi connectivity index (χ1) is 12.1. The number of aliphatic hydroxyl groups is 1. The Hall–Kier alpha value is -0.610. The first-order valence-electron chi connectivity index (χ1n) is 8.76. The molecule has 148 valence electrons. The zero-order valence-corrected chi connectivity index (χ0v) is 18.4. The highest BCUT2D eigenvalue weighted by Crippen LogP contribution is 2.16. The first kappa shape index (κ1) is 23.4. The van der Waals surface area contributed by atoms with Gasteiger partial charge in [-0.05, 0) is 38.0 Å². The number of guanidine groups is 1. The summed E-state index contributed by atoms with van der Waals surface area (Å²) in [6.07, 6.45) is 0.471. The number of halogens is 2. The van der Waals surface area contributed by atoms with E-state index in [1.165, 1.54) is 0 Å². The minimum absolute atomic E-state index is 0. The summed E-state index contributed by atoms with van der Waals surface area (Å²) in [6, 6.07) is 7.25. The van der Waals surface area contributed by atoms with Crippen molar-refractivity contribution in [2.24, 2.45) is 4.99 Å². The van der Waals surface area contributed by atoms with E-state index in [9.17, 15) is 5.11 Å². The summed E-state index contributed by atoms with van der Waals surface area (Å²) < 4.78 is 11.1. The highest BCUT2D eigenvalue weighted by atomic mass is 127. The molecule has 0 aromatic heterocycles. The van der Waals surface area contributed by atoms with Gasteiger partial charge in [-0.1, -0.05) is 23.7 Å². The number of nitrogens with zero attached hydrogens (tertiary/aromatic N) is 1. The van der Waals surface area contributed by atoms with Crippen molar-refractivity contribution in [2.75, 3.05) is 32.9 Å². The minimum atomic E-state index is -0.671. The Morgan fingerprint density at radius 1 is 1.42 bits per heavy atom. The van der Waals surface area contributed by atoms with Gasteiger partial charge in [0.2, 0.25) is 0 Å². The summed E-state index contributed by atoms with van der Waals surface area (Å²) in [5, 5.41) is 17.4. The van der Waals surface area contributed by atoms with Crippen molar-refractivity contribution in [3.05, 3.63) is 34.9 Å². The number of rotatable bonds is 8. The summed E-state index contributed by atoms with van der Waals surface area (Å²) >= 11 is 5.87. The Morgan fingerprint density at radius 3 is 2.77 bits per heavy atom. The topological polar surface area (TPSA) is 75.1 Å². The van der Waals surface area contributed by atoms with Gasteiger partial charge in [0, 0.05) is 24.2 Å². The molecule has 1 fully saturated rings. The Balaban J connectivity index is 0.00000338. The lowest BCUT2D eigenvalue weighted by Crippen LogP contribution is -2.44. The molecule has 1 aromatic rings. The third-order valence-corrected chi connectivity index (χ3v) is 4.13. The second-order valence-electron chi connectivity index (χ2n) is 6.15. The molecule has 3 N–H and O–H groups in total. The Morgan fingerprint density at radius 2 is 2.15 bits per heavy atom. The molecule has 8 heteroatoms. The van der Waals surface area contributed by atoms with Crippen molar-refractivity contribution < 1.29 is 14.6 Å². The molecule has 3 unspecified atom stereocenters. The standard InChI is InChI=1S/C18H28ClN3O3.HI/c1-3-20-18(22-13(2)11-25-16-8-9-24-12-16)21-10-17(23)14-4-6-15(19)7-5-14;/h4-7,13,16-17,23H,3,8-12H2,1-2H3,(H2,20,21,22);1H. The molecule has 1 aliphatic heterocycles. The second-order valence-corrected chi connectivity index (χ2v) is 6.59. The SMILES string of the molecule is CCNC(=NCC(O)c1ccc(Cl)cc1)NC(C)COC1CCOC1.I. The van der Waals surface area contributed by atoms with Crippen LogP contribution in [-0.2, 0) is 9.47 Å². The highest BCUT2D eigenvalue weighted by Gasteiger charge is 2.17. The summed E-state index contributed by atoms with van der Waals surface area (Å²) in [5.41, 5.74) is 0.793. The molecule has 0 spiro atoms. The van der Waals surface area contributed by atoms with E-state index >= 15 is 0 Å². The summed E-state index contributed by atoms with van der Waals surface area (Å²) in [6.45, 7) is 7.08. The fourth-order valence-corrected chi connectivity index (χ4v) is 2.61. The van der Waals surface area contributed by atoms with Crippen LogP contribution in [-0.4, -0.2) is 56.1 Å². The van der Waals surface area contributed by atoms with E-state index < -0.39 is 6.10 Å². The predicted octanol–water partition coefficient (Wildman–Crippen LogP) is 2.74. The van der Waals surface area contributed by atoms with Crippen molar-refractivity contribution in [1.29, 1.82) is 0 Å². The molecule has 0 aliphatic carbocycles. The Bertz CT molecular complexity index is 539. The molecule has 0 amide bonds. The maximum Gasteiger partial charge on any atom is 0.191 e. The molecule has 2 rings (SSSR count). The van der Waals surface area contributed by atoms with Crippen LogP contribution in [0.1, 0.15) is 31.9 Å². The lowest BCUT2D eigenvalue weighted by molar-refractivity contribution is 0.0347. The number of nitrogens with one attached hydrogen (secondary N) is 2. The van der Waals surface area contributed by atoms with Crippen LogP contribution in [0.3, 0.4) is 0 Å². The minimum Gasteiger partial charge on any atom is -0.386 e. The van der Waals surface area contributed by atoms with Gasteiger partial charge in [0.15, 0.2) is 5.96 Å². The van der Waals surface area contributed by atoms with E-state index in [1.54, 1.807) is 12.1 Å². The smallest absolute Gasteiger partial charge is 0.191 e. The van der Waals surface area contributed by atoms with E-state index in [0.29, 0.717) is 24.2 Å². The molecule has 1 aromatic carbocycles. The van der Waals surface area contributed by atoms with Crippen molar-refractivity contribution >= 4 is 41.5 Å². The fraction of sp³-hybridized carbons (Fsp3) is 0.611. The molecular weight excluding hydrogens is 469 g/mol. The zero-order chi connectivity index (χ0) is 18.1. The van der Waals surface area contributed by atoms with Crippen molar-refractivity contribution in [2.45, 2.75) is 38.5 Å². The van der Waals surface area contributed by atoms with Crippen molar-refractivity contribution in [1.82, 2.24) is 10.6 Å². The molecule has 0 bridgehead atoms. The summed E-state index contributed by atoms with van der Waals surface area (Å²) in [5.74, 6) is 0.661. The van der Waals surface area contributed by atoms with Crippen LogP contribution in [0.2, 0.25) is 5.02 Å². The predicted molar refractivity (Wildman–Crippen MR) is 116 cm³/mol. The van der Waals surface area contributed by atoms with Gasteiger partial charge in [0.05, 0.1) is 32.0 Å². The molecule has 6 nitrogen and oxygen atoms in total. The van der Waals surface area contributed by atoms with Gasteiger partial charge in [-0.25, -0.2) is 0 Å². The van der Waals surface area contributed by atoms with Crippen LogP contribution in [0, 0.1) is 0 Å². The van der Waals surface area contributed by atoms with Gasteiger partial charge in [-0.2, -0.15) is 0 Å². The molecule has 3 atom stereocenters. The molecule has 0 radical (unpaired) electrons. The molecule has 1 heterocycles. The third kappa shape index (κ3) is 8.39. The summed E-state index contributed by atoms with van der Waals surface area (Å²) in [7, 11) is 0. The number of hydrogen-bond acceptors (Lipinski definition) is 4. The van der Waals surface area contributed by atoms with Crippen LogP contribution >= 0.6 is 35.6 Å². The third-order valence-electron chi connectivity index (χ3n) is 3.87. The van der Waals surface area contributed by atoms with E-state index in [2.05, 4.69) is 15.6 Å². The number of aliphatic hydroxyl groups excluding tert-OH is 1. The van der Waals surface area contributed by atoms with E-state index in [1.807, 2.05) is 26.0 Å². The lowest BCUT2D eigenvalue weighted by atomic mass is 10.1. The van der Waals surface area contributed by atoms with Crippen LogP contribution in [0.5, 0.6) is 0 Å². The number of aliphatic imine (C=N–C) groups is 1. The zero-order valence-electron chi connectivity index (χ0n) is 15.3. The number of ether oxygens (including phenoxy) is 2. The number of benzene rings is 1. The average Bonchev–Trinajstić information content (AvgIpc) is 3.12. The monoisotopic (exact) mass is 497 g/mol. The first-order valence-corrected chi connectivity index (χ1v) is 9.14. The van der Waals surface area contributed by atoms with E-state index in [0.717, 1.165) is 25.1 Å². The van der Waals surface area contributed by atoms with Gasteiger partial charge < -0.3 is 25.2 Å². The van der Waals surface area contributed by atoms with Crippen LogP contribution in [0.15, 0.2) is 29.3 Å². The second kappa shape index (κ2) is 12.7. The molecule has 1 aliphatic rings. The highest BCUT2D eigenvalue weighted by molar-refractivity contribution is 14.0. The molecule has 1 saturated heterocycles. The Labute approximate surface area is 177 Å². The van der Waals surface area contributed by atoms with E-state index in [-0.39, 0.29) is 42.7 Å². The molecular formula is C18H29ClIN3O3. The quantitative estimate of drug-likeness (QED) is 0.293. The van der Waals surface area contributed by atoms with Crippen LogP contribution < -0.4 is 10.6 Å². The van der Waals surface area contributed by atoms with Gasteiger partial charge in [0.1, 0.15) is 0 Å². The largest absolute Gasteiger partial charge is 0.386 e. The maximum atomic E-state index is 10.3. The van der Waals surface area contributed by atoms with Crippen molar-refractivity contribution in [3.63, 3.8) is 0 Å². The van der Waals surface area contributed by atoms with Gasteiger partial charge in [-0.3, -0.25) is 4.99 Å². The van der Waals surface area contributed by atoms with Gasteiger partial charge in [0.25, 0.3) is 0 Å². The fourth-order valence-electron chi connectivity index (χ4n) is 2.49. The van der Waals surface area contributed by atoms with Crippen LogP contribution in [0.25, 0.3) is 0 Å². The average molecular weight is 498 g/mol. The van der Waals surface area contributed by atoms with E-state index in [4.69, 9.17) is 21.1 Å². The normalized spacial score (nSPS) is 19.5. The lowest BCUT2D eigenvalue weighted by Gasteiger charge is -2.20. The van der Waals surface area contributed by atoms with Gasteiger partial charge in [-0.15, -0.1) is 24.0 Å². The maximum absolute atomic E-state index is 10.3. The van der Waals surface area contributed by atoms with Gasteiger partial charge >= 0.3 is 0 Å². The summed E-state index contributed by atoms with van der Waals surface area (Å²) in [4.78, 5) is 4.46. The molecule has 26 heavy (non-hydrogen) atoms. The number of hydrogen-bond donors (Lipinski definition) is 3.